The van der Waals surface area contributed by atoms with Crippen molar-refractivity contribution in [3.8, 4) is 0 Å². The molecule has 5 heteroatoms. The lowest BCUT2D eigenvalue weighted by Gasteiger charge is -2.19. The molecule has 1 aliphatic rings. The molecule has 1 heterocycles. The molecule has 0 aliphatic carbocycles. The number of ether oxygens (including phenoxy) is 2. The Kier molecular flexibility index (Phi) is 4.96. The highest BCUT2D eigenvalue weighted by Crippen LogP contribution is 2.25. The monoisotopic (exact) mass is 291 g/mol. The highest BCUT2D eigenvalue weighted by atomic mass is 16.5. The highest BCUT2D eigenvalue weighted by molar-refractivity contribution is 6.00. The SMILES string of the molecule is CCC(C)OC1CCN(c2cccc(C(=O)OC)c2)C1=O. The Balaban J connectivity index is 2.13. The van der Waals surface area contributed by atoms with Crippen molar-refractivity contribution in [1.29, 1.82) is 0 Å². The van der Waals surface area contributed by atoms with Crippen molar-refractivity contribution in [2.45, 2.75) is 38.9 Å². The molecular weight excluding hydrogens is 270 g/mol. The summed E-state index contributed by atoms with van der Waals surface area (Å²) in [6, 6.07) is 6.91. The van der Waals surface area contributed by atoms with Crippen LogP contribution in [-0.4, -0.2) is 37.7 Å². The maximum Gasteiger partial charge on any atom is 0.337 e. The number of benzene rings is 1. The molecule has 2 rings (SSSR count). The summed E-state index contributed by atoms with van der Waals surface area (Å²) < 4.78 is 10.4. The maximum absolute atomic E-state index is 12.4. The Bertz CT molecular complexity index is 529. The van der Waals surface area contributed by atoms with Gasteiger partial charge in [0, 0.05) is 18.7 Å². The van der Waals surface area contributed by atoms with E-state index < -0.39 is 5.97 Å². The molecule has 0 bridgehead atoms. The molecule has 0 N–H and O–H groups in total. The molecule has 1 aliphatic heterocycles. The van der Waals surface area contributed by atoms with E-state index in [1.807, 2.05) is 19.9 Å². The first-order chi connectivity index (χ1) is 10.1. The van der Waals surface area contributed by atoms with Gasteiger partial charge >= 0.3 is 5.97 Å². The third-order valence-electron chi connectivity index (χ3n) is 3.71. The number of carbonyl (C=O) groups is 2. The average Bonchev–Trinajstić information content (AvgIpc) is 2.87. The van der Waals surface area contributed by atoms with E-state index in [1.165, 1.54) is 7.11 Å². The molecule has 5 nitrogen and oxygen atoms in total. The third-order valence-corrected chi connectivity index (χ3v) is 3.71. The van der Waals surface area contributed by atoms with E-state index in [4.69, 9.17) is 9.47 Å². The minimum atomic E-state index is -0.407. The van der Waals surface area contributed by atoms with Crippen LogP contribution >= 0.6 is 0 Å². The predicted octanol–water partition coefficient (Wildman–Crippen LogP) is 2.39. The van der Waals surface area contributed by atoms with Crippen LogP contribution < -0.4 is 4.90 Å². The first kappa shape index (κ1) is 15.5. The summed E-state index contributed by atoms with van der Waals surface area (Å²) in [6.07, 6.45) is 1.23. The number of methoxy groups -OCH3 is 1. The lowest BCUT2D eigenvalue weighted by atomic mass is 10.2. The number of amides is 1. The van der Waals surface area contributed by atoms with Gasteiger partial charge in [0.1, 0.15) is 6.10 Å². The molecule has 1 aromatic carbocycles. The average molecular weight is 291 g/mol. The number of anilines is 1. The van der Waals surface area contributed by atoms with Gasteiger partial charge < -0.3 is 14.4 Å². The van der Waals surface area contributed by atoms with Crippen LogP contribution in [0.2, 0.25) is 0 Å². The minimum absolute atomic E-state index is 0.0442. The van der Waals surface area contributed by atoms with Crippen molar-refractivity contribution < 1.29 is 19.1 Å². The first-order valence-electron chi connectivity index (χ1n) is 7.22. The fourth-order valence-corrected chi connectivity index (χ4v) is 2.33. The fourth-order valence-electron chi connectivity index (χ4n) is 2.33. The van der Waals surface area contributed by atoms with Gasteiger partial charge in [-0.1, -0.05) is 13.0 Å². The van der Waals surface area contributed by atoms with E-state index >= 15 is 0 Å². The quantitative estimate of drug-likeness (QED) is 0.782. The van der Waals surface area contributed by atoms with Crippen molar-refractivity contribution in [2.75, 3.05) is 18.6 Å². The Morgan fingerprint density at radius 1 is 1.48 bits per heavy atom. The normalized spacial score (nSPS) is 19.7. The van der Waals surface area contributed by atoms with Gasteiger partial charge in [0.15, 0.2) is 0 Å². The molecule has 114 valence electrons. The summed E-state index contributed by atoms with van der Waals surface area (Å²) in [5.41, 5.74) is 1.15. The Morgan fingerprint density at radius 2 is 2.24 bits per heavy atom. The summed E-state index contributed by atoms with van der Waals surface area (Å²) >= 11 is 0. The van der Waals surface area contributed by atoms with Gasteiger partial charge in [-0.3, -0.25) is 4.79 Å². The van der Waals surface area contributed by atoms with Crippen LogP contribution in [-0.2, 0) is 14.3 Å². The maximum atomic E-state index is 12.4. The van der Waals surface area contributed by atoms with Gasteiger partial charge in [-0.15, -0.1) is 0 Å². The van der Waals surface area contributed by atoms with Crippen LogP contribution in [0.4, 0.5) is 5.69 Å². The smallest absolute Gasteiger partial charge is 0.337 e. The van der Waals surface area contributed by atoms with Gasteiger partial charge in [-0.25, -0.2) is 4.79 Å². The zero-order valence-corrected chi connectivity index (χ0v) is 12.7. The molecule has 2 unspecified atom stereocenters. The first-order valence-corrected chi connectivity index (χ1v) is 7.22. The number of nitrogens with zero attached hydrogens (tertiary/aromatic N) is 1. The van der Waals surface area contributed by atoms with Crippen LogP contribution in [0.5, 0.6) is 0 Å². The zero-order valence-electron chi connectivity index (χ0n) is 12.7. The molecule has 2 atom stereocenters. The number of hydrogen-bond acceptors (Lipinski definition) is 4. The second kappa shape index (κ2) is 6.72. The fraction of sp³-hybridized carbons (Fsp3) is 0.500. The van der Waals surface area contributed by atoms with Crippen molar-refractivity contribution in [3.05, 3.63) is 29.8 Å². The van der Waals surface area contributed by atoms with Crippen molar-refractivity contribution >= 4 is 17.6 Å². The predicted molar refractivity (Wildman–Crippen MR) is 79.4 cm³/mol. The zero-order chi connectivity index (χ0) is 15.4. The third kappa shape index (κ3) is 3.42. The van der Waals surface area contributed by atoms with Gasteiger partial charge in [-0.05, 0) is 31.5 Å². The molecule has 0 aromatic heterocycles. The van der Waals surface area contributed by atoms with Crippen LogP contribution in [0.3, 0.4) is 0 Å². The van der Waals surface area contributed by atoms with E-state index in [0.717, 1.165) is 6.42 Å². The molecule has 1 amide bonds. The summed E-state index contributed by atoms with van der Waals surface area (Å²) in [5, 5.41) is 0. The van der Waals surface area contributed by atoms with E-state index in [0.29, 0.717) is 24.2 Å². The largest absolute Gasteiger partial charge is 0.465 e. The molecule has 0 radical (unpaired) electrons. The van der Waals surface area contributed by atoms with Crippen LogP contribution in [0.15, 0.2) is 24.3 Å². The minimum Gasteiger partial charge on any atom is -0.465 e. The lowest BCUT2D eigenvalue weighted by Crippen LogP contribution is -2.32. The van der Waals surface area contributed by atoms with E-state index in [-0.39, 0.29) is 18.1 Å². The Hall–Kier alpha value is -1.88. The Morgan fingerprint density at radius 3 is 2.90 bits per heavy atom. The van der Waals surface area contributed by atoms with Crippen molar-refractivity contribution in [1.82, 2.24) is 0 Å². The highest BCUT2D eigenvalue weighted by Gasteiger charge is 2.34. The number of rotatable bonds is 5. The van der Waals surface area contributed by atoms with Gasteiger partial charge in [0.05, 0.1) is 18.8 Å². The number of esters is 1. The second-order valence-corrected chi connectivity index (χ2v) is 5.16. The molecule has 0 spiro atoms. The Labute approximate surface area is 124 Å². The van der Waals surface area contributed by atoms with Gasteiger partial charge in [-0.2, -0.15) is 0 Å². The van der Waals surface area contributed by atoms with Crippen LogP contribution in [0.1, 0.15) is 37.0 Å². The van der Waals surface area contributed by atoms with Crippen LogP contribution in [0.25, 0.3) is 0 Å². The second-order valence-electron chi connectivity index (χ2n) is 5.16. The van der Waals surface area contributed by atoms with E-state index in [9.17, 15) is 9.59 Å². The van der Waals surface area contributed by atoms with Crippen molar-refractivity contribution in [2.24, 2.45) is 0 Å². The molecule has 1 aromatic rings. The van der Waals surface area contributed by atoms with Gasteiger partial charge in [0.25, 0.3) is 5.91 Å². The lowest BCUT2D eigenvalue weighted by molar-refractivity contribution is -0.130. The topological polar surface area (TPSA) is 55.8 Å². The molecule has 21 heavy (non-hydrogen) atoms. The van der Waals surface area contributed by atoms with E-state index in [1.54, 1.807) is 23.1 Å². The van der Waals surface area contributed by atoms with Crippen LogP contribution in [0, 0.1) is 0 Å². The molecule has 1 fully saturated rings. The summed E-state index contributed by atoms with van der Waals surface area (Å²) in [5.74, 6) is -0.451. The molecule has 0 saturated carbocycles. The molecule has 1 saturated heterocycles. The summed E-state index contributed by atoms with van der Waals surface area (Å²) in [6.45, 7) is 4.60. The number of hydrogen-bond donors (Lipinski definition) is 0. The summed E-state index contributed by atoms with van der Waals surface area (Å²) in [7, 11) is 1.34. The summed E-state index contributed by atoms with van der Waals surface area (Å²) in [4.78, 5) is 25.6. The van der Waals surface area contributed by atoms with Gasteiger partial charge in [0.2, 0.25) is 0 Å². The number of carbonyl (C=O) groups excluding carboxylic acids is 2. The van der Waals surface area contributed by atoms with E-state index in [2.05, 4.69) is 0 Å². The van der Waals surface area contributed by atoms with Crippen molar-refractivity contribution in [3.63, 3.8) is 0 Å². The molecular formula is C16H21NO4. The standard InChI is InChI=1S/C16H21NO4/c1-4-11(2)21-14-8-9-17(15(14)18)13-7-5-6-12(10-13)16(19)20-3/h5-7,10-11,14H,4,8-9H2,1-3H3.